The van der Waals surface area contributed by atoms with E-state index in [-0.39, 0.29) is 25.7 Å². The molecule has 1 aromatic carbocycles. The van der Waals surface area contributed by atoms with E-state index < -0.39 is 11.5 Å². The van der Waals surface area contributed by atoms with Crippen molar-refractivity contribution >= 4 is 16.9 Å². The van der Waals surface area contributed by atoms with Gasteiger partial charge in [-0.15, -0.1) is 0 Å². The first-order valence-corrected chi connectivity index (χ1v) is 7.30. The molecule has 22 heavy (non-hydrogen) atoms. The minimum atomic E-state index is -0.707. The molecule has 2 N–H and O–H groups in total. The standard InChI is InChI=1S/C16H23N3O3/c1-12(15(22)18(3)8-16(2,9-20)10-21)19-11-17-13-6-4-5-7-14(13)19/h4-7,11-12,20-21H,8-10H2,1-3H3. The smallest absolute Gasteiger partial charge is 0.245 e. The zero-order valence-electron chi connectivity index (χ0n) is 13.2. The second kappa shape index (κ2) is 6.46. The molecule has 1 atom stereocenters. The van der Waals surface area contributed by atoms with E-state index >= 15 is 0 Å². The molecule has 1 heterocycles. The predicted molar refractivity (Wildman–Crippen MR) is 84.4 cm³/mol. The van der Waals surface area contributed by atoms with Crippen LogP contribution in [0.15, 0.2) is 30.6 Å². The summed E-state index contributed by atoms with van der Waals surface area (Å²) in [6.07, 6.45) is 1.67. The summed E-state index contributed by atoms with van der Waals surface area (Å²) in [5.74, 6) is -0.0868. The molecule has 0 radical (unpaired) electrons. The lowest BCUT2D eigenvalue weighted by Crippen LogP contribution is -2.43. The quantitative estimate of drug-likeness (QED) is 0.836. The highest BCUT2D eigenvalue weighted by Crippen LogP contribution is 2.21. The van der Waals surface area contributed by atoms with Gasteiger partial charge >= 0.3 is 0 Å². The van der Waals surface area contributed by atoms with Crippen molar-refractivity contribution in [1.82, 2.24) is 14.5 Å². The van der Waals surface area contributed by atoms with Crippen LogP contribution >= 0.6 is 0 Å². The van der Waals surface area contributed by atoms with Crippen LogP contribution in [-0.2, 0) is 4.79 Å². The van der Waals surface area contributed by atoms with E-state index in [1.54, 1.807) is 25.2 Å². The number of aliphatic hydroxyl groups is 2. The summed E-state index contributed by atoms with van der Waals surface area (Å²) < 4.78 is 1.84. The van der Waals surface area contributed by atoms with Gasteiger partial charge in [-0.2, -0.15) is 0 Å². The van der Waals surface area contributed by atoms with Crippen LogP contribution in [0.1, 0.15) is 19.9 Å². The maximum Gasteiger partial charge on any atom is 0.245 e. The average Bonchev–Trinajstić information content (AvgIpc) is 2.97. The van der Waals surface area contributed by atoms with E-state index in [0.29, 0.717) is 0 Å². The summed E-state index contributed by atoms with van der Waals surface area (Å²) in [6.45, 7) is 3.50. The highest BCUT2D eigenvalue weighted by atomic mass is 16.3. The molecule has 0 saturated carbocycles. The fraction of sp³-hybridized carbons (Fsp3) is 0.500. The topological polar surface area (TPSA) is 78.6 Å². The zero-order valence-corrected chi connectivity index (χ0v) is 13.2. The number of imidazole rings is 1. The first kappa shape index (κ1) is 16.5. The number of carbonyl (C=O) groups is 1. The summed E-state index contributed by atoms with van der Waals surface area (Å²) in [5, 5.41) is 18.7. The summed E-state index contributed by atoms with van der Waals surface area (Å²) in [5.41, 5.74) is 1.05. The minimum Gasteiger partial charge on any atom is -0.396 e. The minimum absolute atomic E-state index is 0.0868. The summed E-state index contributed by atoms with van der Waals surface area (Å²) in [4.78, 5) is 18.5. The molecule has 0 saturated heterocycles. The van der Waals surface area contributed by atoms with Gasteiger partial charge in [0, 0.05) is 19.0 Å². The van der Waals surface area contributed by atoms with Gasteiger partial charge in [-0.25, -0.2) is 4.98 Å². The van der Waals surface area contributed by atoms with Crippen molar-refractivity contribution in [2.24, 2.45) is 5.41 Å². The number of aliphatic hydroxyl groups excluding tert-OH is 2. The fourth-order valence-electron chi connectivity index (χ4n) is 2.53. The Balaban J connectivity index is 2.18. The molecule has 0 aliphatic heterocycles. The Kier molecular flexibility index (Phi) is 4.83. The second-order valence-electron chi connectivity index (χ2n) is 6.14. The number of likely N-dealkylation sites (N-methyl/N-ethyl adjacent to an activating group) is 1. The van der Waals surface area contributed by atoms with Crippen molar-refractivity contribution in [1.29, 1.82) is 0 Å². The lowest BCUT2D eigenvalue weighted by Gasteiger charge is -2.32. The number of benzene rings is 1. The Bertz CT molecular complexity index is 649. The molecule has 0 aliphatic carbocycles. The molecule has 120 valence electrons. The SMILES string of the molecule is CC(C(=O)N(C)CC(C)(CO)CO)n1cnc2ccccc21. The van der Waals surface area contributed by atoms with Gasteiger partial charge in [0.2, 0.25) is 5.91 Å². The van der Waals surface area contributed by atoms with Crippen LogP contribution in [0.3, 0.4) is 0 Å². The number of hydrogen-bond donors (Lipinski definition) is 2. The molecule has 6 nitrogen and oxygen atoms in total. The molecule has 0 bridgehead atoms. The molecule has 1 amide bonds. The summed E-state index contributed by atoms with van der Waals surface area (Å²) in [6, 6.07) is 7.25. The van der Waals surface area contributed by atoms with E-state index in [0.717, 1.165) is 11.0 Å². The maximum absolute atomic E-state index is 12.6. The second-order valence-corrected chi connectivity index (χ2v) is 6.14. The average molecular weight is 305 g/mol. The molecule has 2 aromatic rings. The largest absolute Gasteiger partial charge is 0.396 e. The number of carbonyl (C=O) groups excluding carboxylic acids is 1. The Morgan fingerprint density at radius 1 is 1.36 bits per heavy atom. The number of nitrogens with zero attached hydrogens (tertiary/aromatic N) is 3. The van der Waals surface area contributed by atoms with Crippen molar-refractivity contribution in [2.45, 2.75) is 19.9 Å². The van der Waals surface area contributed by atoms with Crippen molar-refractivity contribution in [3.63, 3.8) is 0 Å². The van der Waals surface area contributed by atoms with Crippen molar-refractivity contribution in [3.8, 4) is 0 Å². The molecule has 0 aliphatic rings. The van der Waals surface area contributed by atoms with E-state index in [2.05, 4.69) is 4.98 Å². The highest BCUT2D eigenvalue weighted by Gasteiger charge is 2.29. The molecule has 1 aromatic heterocycles. The van der Waals surface area contributed by atoms with Crippen LogP contribution in [0.2, 0.25) is 0 Å². The normalized spacial score (nSPS) is 13.3. The Labute approximate surface area is 130 Å². The maximum atomic E-state index is 12.6. The van der Waals surface area contributed by atoms with Crippen LogP contribution in [0.25, 0.3) is 11.0 Å². The van der Waals surface area contributed by atoms with Gasteiger partial charge in [0.1, 0.15) is 6.04 Å². The monoisotopic (exact) mass is 305 g/mol. The highest BCUT2D eigenvalue weighted by molar-refractivity contribution is 5.83. The third-order valence-electron chi connectivity index (χ3n) is 4.01. The van der Waals surface area contributed by atoms with Gasteiger partial charge in [-0.05, 0) is 19.1 Å². The number of fused-ring (bicyclic) bond motifs is 1. The van der Waals surface area contributed by atoms with Crippen LogP contribution in [0.5, 0.6) is 0 Å². The Hall–Kier alpha value is -1.92. The molecule has 0 fully saturated rings. The van der Waals surface area contributed by atoms with Crippen LogP contribution in [-0.4, -0.2) is 57.4 Å². The van der Waals surface area contributed by atoms with Gasteiger partial charge in [-0.1, -0.05) is 19.1 Å². The van der Waals surface area contributed by atoms with E-state index in [1.165, 1.54) is 0 Å². The predicted octanol–water partition coefficient (Wildman–Crippen LogP) is 1.05. The van der Waals surface area contributed by atoms with Gasteiger partial charge in [-0.3, -0.25) is 4.79 Å². The summed E-state index contributed by atoms with van der Waals surface area (Å²) >= 11 is 0. The third kappa shape index (κ3) is 3.13. The molecular weight excluding hydrogens is 282 g/mol. The molecule has 0 spiro atoms. The molecule has 2 rings (SSSR count). The van der Waals surface area contributed by atoms with Crippen LogP contribution in [0.4, 0.5) is 0 Å². The van der Waals surface area contributed by atoms with Crippen molar-refractivity contribution < 1.29 is 15.0 Å². The molecular formula is C16H23N3O3. The first-order chi connectivity index (χ1) is 10.4. The van der Waals surface area contributed by atoms with Crippen LogP contribution < -0.4 is 0 Å². The number of rotatable bonds is 6. The lowest BCUT2D eigenvalue weighted by molar-refractivity contribution is -0.135. The van der Waals surface area contributed by atoms with Crippen molar-refractivity contribution in [3.05, 3.63) is 30.6 Å². The number of aromatic nitrogens is 2. The molecule has 1 unspecified atom stereocenters. The number of hydrogen-bond acceptors (Lipinski definition) is 4. The van der Waals surface area contributed by atoms with Gasteiger partial charge in [0.15, 0.2) is 0 Å². The number of para-hydroxylation sites is 2. The zero-order chi connectivity index (χ0) is 16.3. The van der Waals surface area contributed by atoms with E-state index in [4.69, 9.17) is 0 Å². The van der Waals surface area contributed by atoms with Gasteiger partial charge in [0.25, 0.3) is 0 Å². The lowest BCUT2D eigenvalue weighted by atomic mass is 9.92. The van der Waals surface area contributed by atoms with E-state index in [9.17, 15) is 15.0 Å². The fourth-order valence-corrected chi connectivity index (χ4v) is 2.53. The van der Waals surface area contributed by atoms with Crippen LogP contribution in [0, 0.1) is 5.41 Å². The molecule has 6 heteroatoms. The summed E-state index contributed by atoms with van der Waals surface area (Å²) in [7, 11) is 1.68. The van der Waals surface area contributed by atoms with Gasteiger partial charge < -0.3 is 19.7 Å². The van der Waals surface area contributed by atoms with Gasteiger partial charge in [0.05, 0.1) is 30.6 Å². The number of amides is 1. The Morgan fingerprint density at radius 3 is 2.64 bits per heavy atom. The Morgan fingerprint density at radius 2 is 2.00 bits per heavy atom. The third-order valence-corrected chi connectivity index (χ3v) is 4.01. The van der Waals surface area contributed by atoms with E-state index in [1.807, 2.05) is 35.8 Å². The first-order valence-electron chi connectivity index (χ1n) is 7.30. The van der Waals surface area contributed by atoms with Crippen molar-refractivity contribution in [2.75, 3.05) is 26.8 Å².